The number of aromatic nitrogens is 1. The van der Waals surface area contributed by atoms with E-state index in [1.54, 1.807) is 0 Å². The molecule has 0 saturated heterocycles. The maximum absolute atomic E-state index is 12.8. The highest BCUT2D eigenvalue weighted by molar-refractivity contribution is 5.78. The van der Waals surface area contributed by atoms with Gasteiger partial charge >= 0.3 is 0 Å². The van der Waals surface area contributed by atoms with Crippen LogP contribution in [0.25, 0.3) is 10.9 Å². The number of nitrogens with one attached hydrogen (secondary N) is 1. The summed E-state index contributed by atoms with van der Waals surface area (Å²) in [5.74, 6) is -0.184. The number of rotatable bonds is 5. The van der Waals surface area contributed by atoms with E-state index >= 15 is 0 Å². The second-order valence-corrected chi connectivity index (χ2v) is 5.08. The fourth-order valence-corrected chi connectivity index (χ4v) is 2.35. The van der Waals surface area contributed by atoms with Gasteiger partial charge in [0.2, 0.25) is 0 Å². The summed E-state index contributed by atoms with van der Waals surface area (Å²) >= 11 is 0. The van der Waals surface area contributed by atoms with Crippen molar-refractivity contribution in [2.45, 2.75) is 13.0 Å². The predicted molar refractivity (Wildman–Crippen MR) is 83.6 cm³/mol. The molecule has 1 N–H and O–H groups in total. The molecule has 0 aliphatic rings. The summed E-state index contributed by atoms with van der Waals surface area (Å²) in [5.41, 5.74) is 3.41. The van der Waals surface area contributed by atoms with Crippen LogP contribution in [0.3, 0.4) is 0 Å². The lowest BCUT2D eigenvalue weighted by molar-refractivity contribution is 0.626. The van der Waals surface area contributed by atoms with Gasteiger partial charge in [-0.3, -0.25) is 4.98 Å². The Kier molecular flexibility index (Phi) is 4.22. The molecule has 2 nitrogen and oxygen atoms in total. The second kappa shape index (κ2) is 6.46. The van der Waals surface area contributed by atoms with Crippen LogP contribution in [-0.4, -0.2) is 11.5 Å². The lowest BCUT2D eigenvalue weighted by Gasteiger charge is -2.06. The van der Waals surface area contributed by atoms with Gasteiger partial charge in [-0.15, -0.1) is 0 Å². The molecule has 3 rings (SSSR count). The van der Waals surface area contributed by atoms with E-state index in [9.17, 15) is 4.39 Å². The molecule has 0 spiro atoms. The first-order valence-electron chi connectivity index (χ1n) is 7.10. The Morgan fingerprint density at radius 2 is 1.76 bits per heavy atom. The van der Waals surface area contributed by atoms with Gasteiger partial charge in [0.1, 0.15) is 5.82 Å². The van der Waals surface area contributed by atoms with E-state index in [0.29, 0.717) is 0 Å². The fourth-order valence-electron chi connectivity index (χ4n) is 2.35. The molecule has 3 aromatic rings. The number of hydrogen-bond donors (Lipinski definition) is 1. The molecule has 0 fully saturated rings. The first kappa shape index (κ1) is 13.7. The molecule has 0 atom stereocenters. The summed E-state index contributed by atoms with van der Waals surface area (Å²) in [6.45, 7) is 1.70. The van der Waals surface area contributed by atoms with Crippen LogP contribution in [0.2, 0.25) is 0 Å². The maximum Gasteiger partial charge on any atom is 0.123 e. The zero-order chi connectivity index (χ0) is 14.5. The van der Waals surface area contributed by atoms with Crippen LogP contribution < -0.4 is 5.32 Å². The average molecular weight is 280 g/mol. The lowest BCUT2D eigenvalue weighted by atomic mass is 10.1. The SMILES string of the molecule is Fc1ccc(CCNCc2ccc3ncccc3c2)cc1. The van der Waals surface area contributed by atoms with E-state index in [2.05, 4.69) is 28.5 Å². The molecule has 0 bridgehead atoms. The molecular weight excluding hydrogens is 263 g/mol. The summed E-state index contributed by atoms with van der Waals surface area (Å²) in [5, 5.41) is 4.58. The molecule has 0 aliphatic heterocycles. The quantitative estimate of drug-likeness (QED) is 0.721. The fraction of sp³-hybridized carbons (Fsp3) is 0.167. The Hall–Kier alpha value is -2.26. The first-order chi connectivity index (χ1) is 10.3. The number of pyridine rings is 1. The van der Waals surface area contributed by atoms with Crippen LogP contribution in [0.4, 0.5) is 4.39 Å². The average Bonchev–Trinajstić information content (AvgIpc) is 2.53. The summed E-state index contributed by atoms with van der Waals surface area (Å²) in [7, 11) is 0. The molecule has 0 aliphatic carbocycles. The number of benzene rings is 2. The van der Waals surface area contributed by atoms with Crippen molar-refractivity contribution < 1.29 is 4.39 Å². The molecule has 1 heterocycles. The van der Waals surface area contributed by atoms with Gasteiger partial charge in [-0.05, 0) is 54.4 Å². The summed E-state index contributed by atoms with van der Waals surface area (Å²) in [6, 6.07) is 17.0. The molecule has 1 aromatic heterocycles. The Balaban J connectivity index is 1.53. The lowest BCUT2D eigenvalue weighted by Crippen LogP contribution is -2.16. The highest BCUT2D eigenvalue weighted by atomic mass is 19.1. The minimum atomic E-state index is -0.184. The van der Waals surface area contributed by atoms with Gasteiger partial charge in [-0.1, -0.05) is 24.3 Å². The minimum Gasteiger partial charge on any atom is -0.312 e. The van der Waals surface area contributed by atoms with E-state index in [1.165, 1.54) is 17.7 Å². The topological polar surface area (TPSA) is 24.9 Å². The van der Waals surface area contributed by atoms with Gasteiger partial charge in [0.25, 0.3) is 0 Å². The highest BCUT2D eigenvalue weighted by Gasteiger charge is 1.98. The Morgan fingerprint density at radius 1 is 0.952 bits per heavy atom. The first-order valence-corrected chi connectivity index (χ1v) is 7.10. The number of fused-ring (bicyclic) bond motifs is 1. The van der Waals surface area contributed by atoms with E-state index < -0.39 is 0 Å². The maximum atomic E-state index is 12.8. The zero-order valence-electron chi connectivity index (χ0n) is 11.7. The Bertz CT molecular complexity index is 723. The number of hydrogen-bond acceptors (Lipinski definition) is 2. The molecule has 2 aromatic carbocycles. The van der Waals surface area contributed by atoms with Gasteiger partial charge in [0.05, 0.1) is 5.52 Å². The molecule has 0 amide bonds. The van der Waals surface area contributed by atoms with Gasteiger partial charge in [-0.25, -0.2) is 4.39 Å². The zero-order valence-corrected chi connectivity index (χ0v) is 11.7. The summed E-state index contributed by atoms with van der Waals surface area (Å²) in [4.78, 5) is 4.31. The smallest absolute Gasteiger partial charge is 0.123 e. The number of nitrogens with zero attached hydrogens (tertiary/aromatic N) is 1. The van der Waals surface area contributed by atoms with Crippen molar-refractivity contribution in [2.75, 3.05) is 6.54 Å². The van der Waals surface area contributed by atoms with Crippen LogP contribution in [0, 0.1) is 5.82 Å². The van der Waals surface area contributed by atoms with Crippen molar-refractivity contribution in [2.24, 2.45) is 0 Å². The Labute approximate surface area is 123 Å². The largest absolute Gasteiger partial charge is 0.312 e. The van der Waals surface area contributed by atoms with Gasteiger partial charge in [-0.2, -0.15) is 0 Å². The number of halogens is 1. The molecular formula is C18H17FN2. The van der Waals surface area contributed by atoms with Gasteiger partial charge < -0.3 is 5.32 Å². The van der Waals surface area contributed by atoms with Crippen molar-refractivity contribution in [3.8, 4) is 0 Å². The normalized spacial score (nSPS) is 10.9. The molecule has 21 heavy (non-hydrogen) atoms. The highest BCUT2D eigenvalue weighted by Crippen LogP contribution is 2.13. The van der Waals surface area contributed by atoms with E-state index in [-0.39, 0.29) is 5.82 Å². The standard InChI is InChI=1S/C18H17FN2/c19-17-6-3-14(4-7-17)9-11-20-13-15-5-8-18-16(12-15)2-1-10-21-18/h1-8,10,12,20H,9,11,13H2. The van der Waals surface area contributed by atoms with Gasteiger partial charge in [0.15, 0.2) is 0 Å². The van der Waals surface area contributed by atoms with E-state index in [4.69, 9.17) is 0 Å². The minimum absolute atomic E-state index is 0.184. The third-order valence-electron chi connectivity index (χ3n) is 3.50. The van der Waals surface area contributed by atoms with E-state index in [1.807, 2.05) is 30.5 Å². The third-order valence-corrected chi connectivity index (χ3v) is 3.50. The Morgan fingerprint density at radius 3 is 2.62 bits per heavy atom. The van der Waals surface area contributed by atoms with Crippen LogP contribution in [0.5, 0.6) is 0 Å². The summed E-state index contributed by atoms with van der Waals surface area (Å²) in [6.07, 6.45) is 2.71. The monoisotopic (exact) mass is 280 g/mol. The molecule has 0 saturated carbocycles. The van der Waals surface area contributed by atoms with E-state index in [0.717, 1.165) is 36.0 Å². The van der Waals surface area contributed by atoms with Crippen LogP contribution in [-0.2, 0) is 13.0 Å². The second-order valence-electron chi connectivity index (χ2n) is 5.08. The van der Waals surface area contributed by atoms with Crippen LogP contribution in [0.15, 0.2) is 60.8 Å². The van der Waals surface area contributed by atoms with Crippen molar-refractivity contribution >= 4 is 10.9 Å². The molecule has 0 radical (unpaired) electrons. The molecule has 3 heteroatoms. The van der Waals surface area contributed by atoms with Crippen LogP contribution in [0.1, 0.15) is 11.1 Å². The molecule has 106 valence electrons. The van der Waals surface area contributed by atoms with Crippen LogP contribution >= 0.6 is 0 Å². The molecule has 0 unspecified atom stereocenters. The van der Waals surface area contributed by atoms with Crippen molar-refractivity contribution in [1.29, 1.82) is 0 Å². The van der Waals surface area contributed by atoms with Crippen molar-refractivity contribution in [1.82, 2.24) is 10.3 Å². The third kappa shape index (κ3) is 3.64. The van der Waals surface area contributed by atoms with Crippen molar-refractivity contribution in [3.05, 3.63) is 77.7 Å². The predicted octanol–water partition coefficient (Wildman–Crippen LogP) is 3.71. The summed E-state index contributed by atoms with van der Waals surface area (Å²) < 4.78 is 12.8. The van der Waals surface area contributed by atoms with Gasteiger partial charge in [0, 0.05) is 18.1 Å². The van der Waals surface area contributed by atoms with Crippen molar-refractivity contribution in [3.63, 3.8) is 0 Å².